The van der Waals surface area contributed by atoms with Crippen molar-refractivity contribution < 1.29 is 19.1 Å². The summed E-state index contributed by atoms with van der Waals surface area (Å²) >= 11 is 1.59. The van der Waals surface area contributed by atoms with E-state index in [0.29, 0.717) is 19.4 Å². The minimum Gasteiger partial charge on any atom is -0.449 e. The molecule has 2 amide bonds. The average Bonchev–Trinajstić information content (AvgIpc) is 2.54. The molecule has 0 bridgehead atoms. The highest BCUT2D eigenvalue weighted by atomic mass is 32.2. The molecule has 2 N–H and O–H groups in total. The van der Waals surface area contributed by atoms with Crippen LogP contribution >= 0.6 is 11.8 Å². The standard InChI is InChI=1S/C19H36N2O4S/c1-12(2)10-16(17(22)14(5)6)20-18(23)15(8-9-26-7)21-19(24)25-11-13(3)4/h12-16H,8-11H2,1-7H3,(H,20,23)(H,21,24). The summed E-state index contributed by atoms with van der Waals surface area (Å²) in [5.74, 6) is 0.732. The predicted molar refractivity (Wildman–Crippen MR) is 107 cm³/mol. The second-order valence-corrected chi connectivity index (χ2v) is 8.70. The van der Waals surface area contributed by atoms with Gasteiger partial charge in [-0.25, -0.2) is 4.79 Å². The van der Waals surface area contributed by atoms with Crippen molar-refractivity contribution in [1.82, 2.24) is 10.6 Å². The molecule has 0 aromatic carbocycles. The van der Waals surface area contributed by atoms with Crippen LogP contribution in [0.15, 0.2) is 0 Å². The molecule has 7 heteroatoms. The van der Waals surface area contributed by atoms with E-state index >= 15 is 0 Å². The van der Waals surface area contributed by atoms with Gasteiger partial charge in [0.25, 0.3) is 0 Å². The van der Waals surface area contributed by atoms with Crippen LogP contribution in [0.25, 0.3) is 0 Å². The lowest BCUT2D eigenvalue weighted by Crippen LogP contribution is -2.52. The molecular formula is C19H36N2O4S. The van der Waals surface area contributed by atoms with Gasteiger partial charge < -0.3 is 15.4 Å². The third-order valence-electron chi connectivity index (χ3n) is 3.70. The summed E-state index contributed by atoms with van der Waals surface area (Å²) in [7, 11) is 0. The molecule has 152 valence electrons. The van der Waals surface area contributed by atoms with Crippen LogP contribution in [0.1, 0.15) is 54.4 Å². The number of hydrogen-bond acceptors (Lipinski definition) is 5. The minimum absolute atomic E-state index is 0.0121. The number of ether oxygens (including phenoxy) is 1. The third-order valence-corrected chi connectivity index (χ3v) is 4.35. The summed E-state index contributed by atoms with van der Waals surface area (Å²) in [6.07, 6.45) is 2.40. The van der Waals surface area contributed by atoms with Crippen LogP contribution in [0.5, 0.6) is 0 Å². The van der Waals surface area contributed by atoms with Gasteiger partial charge in [-0.1, -0.05) is 41.5 Å². The van der Waals surface area contributed by atoms with Gasteiger partial charge in [-0.2, -0.15) is 11.8 Å². The number of thioether (sulfide) groups is 1. The lowest BCUT2D eigenvalue weighted by molar-refractivity contribution is -0.130. The van der Waals surface area contributed by atoms with E-state index in [1.54, 1.807) is 11.8 Å². The molecule has 0 aromatic heterocycles. The summed E-state index contributed by atoms with van der Waals surface area (Å²) in [5.41, 5.74) is 0. The molecule has 0 spiro atoms. The molecule has 0 saturated carbocycles. The van der Waals surface area contributed by atoms with Crippen LogP contribution in [-0.4, -0.2) is 48.5 Å². The molecule has 0 fully saturated rings. The second kappa shape index (κ2) is 13.0. The number of Topliss-reactive ketones (excluding diaryl/α,β-unsaturated/α-hetero) is 1. The topological polar surface area (TPSA) is 84.5 Å². The van der Waals surface area contributed by atoms with Gasteiger partial charge in [-0.05, 0) is 36.7 Å². The maximum atomic E-state index is 12.7. The zero-order chi connectivity index (χ0) is 20.3. The molecule has 0 aliphatic heterocycles. The SMILES string of the molecule is CSCCC(NC(=O)OCC(C)C)C(=O)NC(CC(C)C)C(=O)C(C)C. The average molecular weight is 389 g/mol. The van der Waals surface area contributed by atoms with E-state index in [2.05, 4.69) is 10.6 Å². The van der Waals surface area contributed by atoms with Crippen molar-refractivity contribution in [2.75, 3.05) is 18.6 Å². The number of nitrogens with one attached hydrogen (secondary N) is 2. The lowest BCUT2D eigenvalue weighted by atomic mass is 9.94. The van der Waals surface area contributed by atoms with Crippen molar-refractivity contribution in [3.8, 4) is 0 Å². The molecule has 0 aliphatic carbocycles. The van der Waals surface area contributed by atoms with E-state index < -0.39 is 18.2 Å². The number of hydrogen-bond donors (Lipinski definition) is 2. The van der Waals surface area contributed by atoms with Crippen LogP contribution in [-0.2, 0) is 14.3 Å². The second-order valence-electron chi connectivity index (χ2n) is 7.72. The Balaban J connectivity index is 5.00. The molecule has 0 aliphatic rings. The van der Waals surface area contributed by atoms with Gasteiger partial charge in [0.15, 0.2) is 5.78 Å². The van der Waals surface area contributed by atoms with E-state index in [0.717, 1.165) is 5.75 Å². The molecule has 26 heavy (non-hydrogen) atoms. The normalized spacial score (nSPS) is 13.6. The lowest BCUT2D eigenvalue weighted by Gasteiger charge is -2.25. The van der Waals surface area contributed by atoms with Crippen molar-refractivity contribution in [2.45, 2.75) is 66.5 Å². The van der Waals surface area contributed by atoms with E-state index in [9.17, 15) is 14.4 Å². The first-order chi connectivity index (χ1) is 12.1. The maximum absolute atomic E-state index is 12.7. The van der Waals surface area contributed by atoms with Crippen molar-refractivity contribution in [1.29, 1.82) is 0 Å². The number of amides is 2. The van der Waals surface area contributed by atoms with Crippen LogP contribution in [0.4, 0.5) is 4.79 Å². The predicted octanol–water partition coefficient (Wildman–Crippen LogP) is 3.25. The fourth-order valence-electron chi connectivity index (χ4n) is 2.32. The van der Waals surface area contributed by atoms with E-state index in [4.69, 9.17) is 4.74 Å². The Morgan fingerprint density at radius 1 is 0.923 bits per heavy atom. The molecular weight excluding hydrogens is 352 g/mol. The summed E-state index contributed by atoms with van der Waals surface area (Å²) in [6.45, 7) is 11.9. The molecule has 0 rings (SSSR count). The number of alkyl carbamates (subject to hydrolysis) is 1. The van der Waals surface area contributed by atoms with Gasteiger partial charge in [0, 0.05) is 5.92 Å². The number of rotatable bonds is 12. The Hall–Kier alpha value is -1.24. The fourth-order valence-corrected chi connectivity index (χ4v) is 2.79. The van der Waals surface area contributed by atoms with Crippen molar-refractivity contribution in [3.05, 3.63) is 0 Å². The summed E-state index contributed by atoms with van der Waals surface area (Å²) < 4.78 is 5.12. The quantitative estimate of drug-likeness (QED) is 0.536. The van der Waals surface area contributed by atoms with Gasteiger partial charge in [-0.15, -0.1) is 0 Å². The van der Waals surface area contributed by atoms with Crippen LogP contribution in [0, 0.1) is 17.8 Å². The summed E-state index contributed by atoms with van der Waals surface area (Å²) in [6, 6.07) is -1.25. The van der Waals surface area contributed by atoms with Gasteiger partial charge in [0.2, 0.25) is 5.91 Å². The van der Waals surface area contributed by atoms with Crippen LogP contribution in [0.3, 0.4) is 0 Å². The molecule has 0 saturated heterocycles. The van der Waals surface area contributed by atoms with Crippen molar-refractivity contribution in [2.24, 2.45) is 17.8 Å². The Morgan fingerprint density at radius 3 is 2.00 bits per heavy atom. The highest BCUT2D eigenvalue weighted by molar-refractivity contribution is 7.98. The van der Waals surface area contributed by atoms with Crippen molar-refractivity contribution >= 4 is 29.5 Å². The Labute approximate surface area is 162 Å². The number of ketones is 1. The molecule has 6 nitrogen and oxygen atoms in total. The number of carbonyl (C=O) groups excluding carboxylic acids is 3. The largest absolute Gasteiger partial charge is 0.449 e. The Bertz CT molecular complexity index is 453. The zero-order valence-electron chi connectivity index (χ0n) is 17.3. The minimum atomic E-state index is -0.711. The van der Waals surface area contributed by atoms with E-state index in [1.807, 2.05) is 47.8 Å². The molecule has 2 atom stereocenters. The fraction of sp³-hybridized carbons (Fsp3) is 0.842. The van der Waals surface area contributed by atoms with Gasteiger partial charge in [0.1, 0.15) is 6.04 Å². The van der Waals surface area contributed by atoms with Crippen LogP contribution < -0.4 is 10.6 Å². The zero-order valence-corrected chi connectivity index (χ0v) is 18.1. The van der Waals surface area contributed by atoms with E-state index in [1.165, 1.54) is 0 Å². The first-order valence-electron chi connectivity index (χ1n) is 9.34. The summed E-state index contributed by atoms with van der Waals surface area (Å²) in [4.78, 5) is 37.1. The van der Waals surface area contributed by atoms with Crippen LogP contribution in [0.2, 0.25) is 0 Å². The smallest absolute Gasteiger partial charge is 0.407 e. The highest BCUT2D eigenvalue weighted by Crippen LogP contribution is 2.11. The molecule has 0 heterocycles. The Kier molecular flexibility index (Phi) is 12.4. The maximum Gasteiger partial charge on any atom is 0.407 e. The monoisotopic (exact) mass is 388 g/mol. The number of carbonyl (C=O) groups is 3. The summed E-state index contributed by atoms with van der Waals surface area (Å²) in [5, 5.41) is 5.48. The Morgan fingerprint density at radius 2 is 1.54 bits per heavy atom. The van der Waals surface area contributed by atoms with Gasteiger partial charge in [0.05, 0.1) is 12.6 Å². The highest BCUT2D eigenvalue weighted by Gasteiger charge is 2.28. The molecule has 0 radical (unpaired) electrons. The first-order valence-corrected chi connectivity index (χ1v) is 10.7. The molecule has 2 unspecified atom stereocenters. The van der Waals surface area contributed by atoms with Gasteiger partial charge in [-0.3, -0.25) is 9.59 Å². The van der Waals surface area contributed by atoms with Crippen molar-refractivity contribution in [3.63, 3.8) is 0 Å². The molecule has 0 aromatic rings. The van der Waals surface area contributed by atoms with Gasteiger partial charge >= 0.3 is 6.09 Å². The third kappa shape index (κ3) is 10.7. The van der Waals surface area contributed by atoms with E-state index in [-0.39, 0.29) is 29.4 Å². The first kappa shape index (κ1) is 24.8.